The van der Waals surface area contributed by atoms with Crippen LogP contribution in [0.3, 0.4) is 0 Å². The largest absolute Gasteiger partial charge is 0.298 e. The molecular formula is C8H9N3O. The van der Waals surface area contributed by atoms with Crippen LogP contribution >= 0.6 is 0 Å². The number of azo groups is 1. The third-order valence-corrected chi connectivity index (χ3v) is 1.12. The Morgan fingerprint density at radius 1 is 1.58 bits per heavy atom. The number of pyridine rings is 1. The number of Topliss-reactive ketones (excluding diaryl/α,β-unsaturated/α-hetero) is 1. The molecule has 0 aliphatic heterocycles. The molecule has 1 rings (SSSR count). The van der Waals surface area contributed by atoms with E-state index in [1.54, 1.807) is 18.3 Å². The van der Waals surface area contributed by atoms with Gasteiger partial charge in [-0.25, -0.2) is 4.98 Å². The average Bonchev–Trinajstić information content (AvgIpc) is 2.05. The highest BCUT2D eigenvalue weighted by atomic mass is 16.1. The van der Waals surface area contributed by atoms with E-state index in [9.17, 15) is 4.79 Å². The lowest BCUT2D eigenvalue weighted by molar-refractivity contribution is -0.115. The van der Waals surface area contributed by atoms with Gasteiger partial charge in [0, 0.05) is 6.20 Å². The molecular weight excluding hydrogens is 154 g/mol. The molecule has 0 aliphatic rings. The van der Waals surface area contributed by atoms with Crippen LogP contribution in [0, 0.1) is 0 Å². The third kappa shape index (κ3) is 3.01. The second-order valence-electron chi connectivity index (χ2n) is 2.29. The Morgan fingerprint density at radius 3 is 3.00 bits per heavy atom. The first-order valence-corrected chi connectivity index (χ1v) is 3.57. The molecule has 0 spiro atoms. The van der Waals surface area contributed by atoms with Gasteiger partial charge >= 0.3 is 0 Å². The predicted molar refractivity (Wildman–Crippen MR) is 44.3 cm³/mol. The van der Waals surface area contributed by atoms with E-state index < -0.39 is 0 Å². The van der Waals surface area contributed by atoms with Crippen molar-refractivity contribution < 1.29 is 4.79 Å². The van der Waals surface area contributed by atoms with Gasteiger partial charge in [-0.1, -0.05) is 6.07 Å². The van der Waals surface area contributed by atoms with Gasteiger partial charge < -0.3 is 0 Å². The molecule has 0 aromatic carbocycles. The molecule has 4 heteroatoms. The molecule has 0 fully saturated rings. The van der Waals surface area contributed by atoms with E-state index in [4.69, 9.17) is 0 Å². The van der Waals surface area contributed by atoms with Gasteiger partial charge in [0.05, 0.1) is 0 Å². The molecule has 62 valence electrons. The summed E-state index contributed by atoms with van der Waals surface area (Å²) in [4.78, 5) is 14.4. The van der Waals surface area contributed by atoms with E-state index in [0.717, 1.165) is 0 Å². The Kier molecular flexibility index (Phi) is 3.07. The summed E-state index contributed by atoms with van der Waals surface area (Å²) in [6.45, 7) is 1.59. The second-order valence-corrected chi connectivity index (χ2v) is 2.29. The molecule has 0 radical (unpaired) electrons. The first-order valence-electron chi connectivity index (χ1n) is 3.57. The number of carbonyl (C=O) groups is 1. The van der Waals surface area contributed by atoms with Crippen molar-refractivity contribution in [2.75, 3.05) is 6.54 Å². The minimum Gasteiger partial charge on any atom is -0.298 e. The summed E-state index contributed by atoms with van der Waals surface area (Å²) in [5.41, 5.74) is 0. The monoisotopic (exact) mass is 163 g/mol. The number of nitrogens with zero attached hydrogens (tertiary/aromatic N) is 3. The minimum absolute atomic E-state index is 0.00492. The molecule has 0 aliphatic carbocycles. The van der Waals surface area contributed by atoms with E-state index in [1.165, 1.54) is 6.92 Å². The Balaban J connectivity index is 2.52. The fourth-order valence-electron chi connectivity index (χ4n) is 0.620. The van der Waals surface area contributed by atoms with Crippen molar-refractivity contribution in [3.63, 3.8) is 0 Å². The van der Waals surface area contributed by atoms with Crippen molar-refractivity contribution in [3.05, 3.63) is 24.4 Å². The normalized spacial score (nSPS) is 10.4. The first-order chi connectivity index (χ1) is 5.79. The maximum atomic E-state index is 10.5. The smallest absolute Gasteiger partial charge is 0.173 e. The molecule has 4 nitrogen and oxygen atoms in total. The van der Waals surface area contributed by atoms with Gasteiger partial charge in [-0.2, -0.15) is 5.11 Å². The van der Waals surface area contributed by atoms with E-state index in [1.807, 2.05) is 6.07 Å². The number of carbonyl (C=O) groups excluding carboxylic acids is 1. The highest BCUT2D eigenvalue weighted by Gasteiger charge is 1.89. The van der Waals surface area contributed by atoms with Crippen LogP contribution in [0.4, 0.5) is 5.82 Å². The van der Waals surface area contributed by atoms with Crippen LogP contribution in [0.1, 0.15) is 6.92 Å². The zero-order chi connectivity index (χ0) is 8.81. The summed E-state index contributed by atoms with van der Waals surface area (Å²) in [6, 6.07) is 5.34. The van der Waals surface area contributed by atoms with Crippen molar-refractivity contribution in [1.82, 2.24) is 4.98 Å². The lowest BCUT2D eigenvalue weighted by Crippen LogP contribution is -1.92. The SMILES string of the molecule is CC(=O)CN=Nc1ccccn1. The van der Waals surface area contributed by atoms with Crippen molar-refractivity contribution >= 4 is 11.6 Å². The summed E-state index contributed by atoms with van der Waals surface area (Å²) in [7, 11) is 0. The van der Waals surface area contributed by atoms with Gasteiger partial charge in [0.1, 0.15) is 6.54 Å². The Morgan fingerprint density at radius 2 is 2.42 bits per heavy atom. The summed E-state index contributed by atoms with van der Waals surface area (Å²) in [5.74, 6) is 0.522. The van der Waals surface area contributed by atoms with Gasteiger partial charge in [-0.15, -0.1) is 5.11 Å². The topological polar surface area (TPSA) is 54.7 Å². The first kappa shape index (κ1) is 8.52. The average molecular weight is 163 g/mol. The molecule has 1 aromatic heterocycles. The predicted octanol–water partition coefficient (Wildman–Crippen LogP) is 1.75. The molecule has 1 heterocycles. The van der Waals surface area contributed by atoms with E-state index in [2.05, 4.69) is 15.2 Å². The van der Waals surface area contributed by atoms with E-state index in [0.29, 0.717) is 5.82 Å². The van der Waals surface area contributed by atoms with Crippen LogP contribution in [0.15, 0.2) is 34.6 Å². The highest BCUT2D eigenvalue weighted by molar-refractivity contribution is 5.77. The van der Waals surface area contributed by atoms with Crippen LogP contribution < -0.4 is 0 Å². The van der Waals surface area contributed by atoms with Gasteiger partial charge in [0.2, 0.25) is 0 Å². The van der Waals surface area contributed by atoms with Crippen molar-refractivity contribution in [2.45, 2.75) is 6.92 Å². The summed E-state index contributed by atoms with van der Waals surface area (Å²) in [5, 5.41) is 7.39. The number of hydrogen-bond donors (Lipinski definition) is 0. The molecule has 0 amide bonds. The van der Waals surface area contributed by atoms with Crippen LogP contribution in [0.2, 0.25) is 0 Å². The van der Waals surface area contributed by atoms with E-state index in [-0.39, 0.29) is 12.3 Å². The van der Waals surface area contributed by atoms with Gasteiger partial charge in [0.15, 0.2) is 11.6 Å². The molecule has 1 aromatic rings. The zero-order valence-electron chi connectivity index (χ0n) is 6.77. The van der Waals surface area contributed by atoms with Crippen molar-refractivity contribution in [1.29, 1.82) is 0 Å². The Hall–Kier alpha value is -1.58. The fourth-order valence-corrected chi connectivity index (χ4v) is 0.620. The van der Waals surface area contributed by atoms with Crippen LogP contribution in [0.5, 0.6) is 0 Å². The maximum absolute atomic E-state index is 10.5. The molecule has 12 heavy (non-hydrogen) atoms. The number of hydrogen-bond acceptors (Lipinski definition) is 4. The van der Waals surface area contributed by atoms with Gasteiger partial charge in [-0.3, -0.25) is 4.79 Å². The van der Waals surface area contributed by atoms with Crippen LogP contribution in [-0.2, 0) is 4.79 Å². The lowest BCUT2D eigenvalue weighted by Gasteiger charge is -1.87. The molecule has 0 N–H and O–H groups in total. The van der Waals surface area contributed by atoms with Gasteiger partial charge in [0.25, 0.3) is 0 Å². The van der Waals surface area contributed by atoms with Gasteiger partial charge in [-0.05, 0) is 19.1 Å². The lowest BCUT2D eigenvalue weighted by atomic mass is 10.5. The molecule has 0 bridgehead atoms. The summed E-state index contributed by atoms with van der Waals surface area (Å²) >= 11 is 0. The molecule has 0 atom stereocenters. The van der Waals surface area contributed by atoms with E-state index >= 15 is 0 Å². The number of aromatic nitrogens is 1. The van der Waals surface area contributed by atoms with Crippen molar-refractivity contribution in [3.8, 4) is 0 Å². The number of ketones is 1. The minimum atomic E-state index is -0.00492. The highest BCUT2D eigenvalue weighted by Crippen LogP contribution is 2.04. The summed E-state index contributed by atoms with van der Waals surface area (Å²) < 4.78 is 0. The fraction of sp³-hybridized carbons (Fsp3) is 0.250. The number of rotatable bonds is 3. The Bertz CT molecular complexity index is 282. The summed E-state index contributed by atoms with van der Waals surface area (Å²) in [6.07, 6.45) is 1.63. The van der Waals surface area contributed by atoms with Crippen molar-refractivity contribution in [2.24, 2.45) is 10.2 Å². The third-order valence-electron chi connectivity index (χ3n) is 1.12. The quantitative estimate of drug-likeness (QED) is 0.637. The molecule has 0 saturated carbocycles. The van der Waals surface area contributed by atoms with Crippen LogP contribution in [-0.4, -0.2) is 17.3 Å². The molecule has 0 saturated heterocycles. The maximum Gasteiger partial charge on any atom is 0.173 e. The zero-order valence-corrected chi connectivity index (χ0v) is 6.77. The van der Waals surface area contributed by atoms with Crippen LogP contribution in [0.25, 0.3) is 0 Å². The second kappa shape index (κ2) is 4.33. The Labute approximate surface area is 70.4 Å². The molecule has 0 unspecified atom stereocenters. The standard InChI is InChI=1S/C8H9N3O/c1-7(12)6-10-11-8-4-2-3-5-9-8/h2-5H,6H2,1H3.